The summed E-state index contributed by atoms with van der Waals surface area (Å²) >= 11 is 0. The molecule has 0 unspecified atom stereocenters. The molecule has 0 amide bonds. The van der Waals surface area contributed by atoms with Gasteiger partial charge in [0.2, 0.25) is 0 Å². The van der Waals surface area contributed by atoms with E-state index in [1.807, 2.05) is 12.1 Å². The minimum absolute atomic E-state index is 0.374. The van der Waals surface area contributed by atoms with Crippen molar-refractivity contribution < 1.29 is 33.8 Å². The van der Waals surface area contributed by atoms with Crippen molar-refractivity contribution in [2.45, 2.75) is 24.5 Å². The molecule has 0 spiro atoms. The molecule has 158 valence electrons. The van der Waals surface area contributed by atoms with Gasteiger partial charge in [0.05, 0.1) is 6.61 Å². The minimum atomic E-state index is -4.78. The molecule has 10 nitrogen and oxygen atoms in total. The van der Waals surface area contributed by atoms with E-state index >= 15 is 0 Å². The zero-order valence-electron chi connectivity index (χ0n) is 15.5. The van der Waals surface area contributed by atoms with Gasteiger partial charge in [-0.1, -0.05) is 18.2 Å². The summed E-state index contributed by atoms with van der Waals surface area (Å²) in [6.07, 6.45) is -0.701. The molecule has 0 saturated carbocycles. The van der Waals surface area contributed by atoms with Crippen molar-refractivity contribution >= 4 is 18.6 Å². The van der Waals surface area contributed by atoms with Crippen LogP contribution in [0.3, 0.4) is 0 Å². The molecule has 0 aliphatic carbocycles. The lowest BCUT2D eigenvalue weighted by atomic mass is 10.0. The van der Waals surface area contributed by atoms with Gasteiger partial charge in [-0.2, -0.15) is 0 Å². The van der Waals surface area contributed by atoms with Crippen molar-refractivity contribution in [2.24, 2.45) is 0 Å². The summed E-state index contributed by atoms with van der Waals surface area (Å²) in [7, 11) is -4.78. The molecule has 11 heteroatoms. The number of hydrogen-bond acceptors (Lipinski definition) is 7. The van der Waals surface area contributed by atoms with E-state index in [4.69, 9.17) is 14.5 Å². The van der Waals surface area contributed by atoms with Crippen molar-refractivity contribution in [1.82, 2.24) is 9.55 Å². The highest BCUT2D eigenvalue weighted by molar-refractivity contribution is 7.46. The fourth-order valence-electron chi connectivity index (χ4n) is 3.43. The predicted octanol–water partition coefficient (Wildman–Crippen LogP) is 0.792. The second kappa shape index (κ2) is 8.01. The van der Waals surface area contributed by atoms with Gasteiger partial charge in [-0.15, -0.1) is 0 Å². The number of aliphatic hydroxyl groups excluding tert-OH is 2. The molecule has 1 saturated heterocycles. The molecule has 1 aliphatic heterocycles. The van der Waals surface area contributed by atoms with Crippen molar-refractivity contribution in [1.29, 1.82) is 0 Å². The Morgan fingerprint density at radius 1 is 1.13 bits per heavy atom. The highest BCUT2D eigenvalue weighted by Gasteiger charge is 2.44. The van der Waals surface area contributed by atoms with Gasteiger partial charge in [-0.05, 0) is 29.1 Å². The first-order chi connectivity index (χ1) is 14.2. The number of hydrogen-bond donors (Lipinski definition) is 4. The fourth-order valence-corrected chi connectivity index (χ4v) is 3.78. The Kier molecular flexibility index (Phi) is 5.56. The first kappa shape index (κ1) is 20.8. The summed E-state index contributed by atoms with van der Waals surface area (Å²) in [5.41, 5.74) is 1.16. The Balaban J connectivity index is 1.68. The average molecular weight is 434 g/mol. The molecule has 0 bridgehead atoms. The van der Waals surface area contributed by atoms with Crippen molar-refractivity contribution in [3.05, 3.63) is 65.3 Å². The number of aliphatic hydroxyl groups is 2. The summed E-state index contributed by atoms with van der Waals surface area (Å²) in [6.45, 7) is -0.646. The van der Waals surface area contributed by atoms with E-state index in [0.717, 1.165) is 15.7 Å². The molecule has 1 aliphatic rings. The Bertz CT molecular complexity index is 1160. The zero-order valence-corrected chi connectivity index (χ0v) is 16.4. The fraction of sp³-hybridized carbons (Fsp3) is 0.263. The van der Waals surface area contributed by atoms with Crippen LogP contribution in [-0.2, 0) is 13.8 Å². The molecule has 2 aromatic heterocycles. The Morgan fingerprint density at radius 3 is 2.63 bits per heavy atom. The summed E-state index contributed by atoms with van der Waals surface area (Å²) in [5, 5.41) is 21.6. The number of phosphoric acid groups is 1. The van der Waals surface area contributed by atoms with Gasteiger partial charge >= 0.3 is 7.82 Å². The Morgan fingerprint density at radius 2 is 1.93 bits per heavy atom. The minimum Gasteiger partial charge on any atom is -0.387 e. The smallest absolute Gasteiger partial charge is 0.387 e. The summed E-state index contributed by atoms with van der Waals surface area (Å²) in [4.78, 5) is 34.8. The van der Waals surface area contributed by atoms with Gasteiger partial charge in [-0.25, -0.2) is 4.57 Å². The van der Waals surface area contributed by atoms with E-state index in [0.29, 0.717) is 10.8 Å². The Labute approximate surface area is 170 Å². The normalized spacial score (nSPS) is 24.4. The second-order valence-corrected chi connectivity index (χ2v) is 8.14. The number of rotatable bonds is 5. The second-order valence-electron chi connectivity index (χ2n) is 6.90. The van der Waals surface area contributed by atoms with Crippen LogP contribution in [0.4, 0.5) is 0 Å². The molecule has 1 fully saturated rings. The molecule has 4 atom stereocenters. The molecule has 3 aromatic rings. The number of nitrogens with zero attached hydrogens (tertiary/aromatic N) is 2. The number of phosphoric ester groups is 1. The van der Waals surface area contributed by atoms with Crippen LogP contribution in [-0.4, -0.2) is 54.5 Å². The number of pyridine rings is 2. The summed E-state index contributed by atoms with van der Waals surface area (Å²) < 4.78 is 21.9. The lowest BCUT2D eigenvalue weighted by Crippen LogP contribution is -2.35. The quantitative estimate of drug-likeness (QED) is 0.427. The summed E-state index contributed by atoms with van der Waals surface area (Å²) in [6, 6.07) is 10.7. The molecule has 1 aromatic carbocycles. The molecule has 0 radical (unpaired) electrons. The van der Waals surface area contributed by atoms with Crippen molar-refractivity contribution in [3.8, 4) is 11.1 Å². The van der Waals surface area contributed by atoms with Crippen molar-refractivity contribution in [2.75, 3.05) is 6.61 Å². The van der Waals surface area contributed by atoms with Crippen LogP contribution in [0.2, 0.25) is 0 Å². The molecule has 3 heterocycles. The maximum atomic E-state index is 13.1. The monoisotopic (exact) mass is 434 g/mol. The van der Waals surface area contributed by atoms with Gasteiger partial charge in [-0.3, -0.25) is 18.9 Å². The third-order valence-corrected chi connectivity index (χ3v) is 5.43. The van der Waals surface area contributed by atoms with Gasteiger partial charge in [0.15, 0.2) is 6.23 Å². The van der Waals surface area contributed by atoms with Crippen LogP contribution in [0.1, 0.15) is 6.23 Å². The molecule has 30 heavy (non-hydrogen) atoms. The standard InChI is InChI=1S/C19H19N2O8P/c22-16-15(10-28-30(25,26)27)29-19(17(16)23)21-7-5-11-3-4-12(8-14(11)18(21)24)13-2-1-6-20-9-13/h1-9,15-17,19,22-23H,10H2,(H2,25,26,27)/t15-,16+,17-,19-/m1/s1. The van der Waals surface area contributed by atoms with Gasteiger partial charge in [0.1, 0.15) is 18.3 Å². The average Bonchev–Trinajstić information content (AvgIpc) is 3.01. The molecule has 4 N–H and O–H groups in total. The first-order valence-electron chi connectivity index (χ1n) is 9.01. The first-order valence-corrected chi connectivity index (χ1v) is 10.5. The van der Waals surface area contributed by atoms with Gasteiger partial charge in [0.25, 0.3) is 5.56 Å². The van der Waals surface area contributed by atoms with E-state index in [1.165, 1.54) is 6.20 Å². The third-order valence-electron chi connectivity index (χ3n) is 4.95. The van der Waals surface area contributed by atoms with Crippen LogP contribution in [0.5, 0.6) is 0 Å². The maximum absolute atomic E-state index is 13.1. The number of ether oxygens (including phenoxy) is 1. The lowest BCUT2D eigenvalue weighted by molar-refractivity contribution is -0.0534. The van der Waals surface area contributed by atoms with E-state index in [1.54, 1.807) is 36.7 Å². The number of benzene rings is 1. The largest absolute Gasteiger partial charge is 0.469 e. The van der Waals surface area contributed by atoms with Crippen LogP contribution < -0.4 is 5.56 Å². The van der Waals surface area contributed by atoms with E-state index in [2.05, 4.69) is 9.51 Å². The van der Waals surface area contributed by atoms with Gasteiger partial charge < -0.3 is 24.7 Å². The van der Waals surface area contributed by atoms with E-state index < -0.39 is 44.5 Å². The molecular formula is C19H19N2O8P. The van der Waals surface area contributed by atoms with E-state index in [9.17, 15) is 19.6 Å². The third kappa shape index (κ3) is 4.07. The zero-order chi connectivity index (χ0) is 21.5. The highest BCUT2D eigenvalue weighted by atomic mass is 31.2. The maximum Gasteiger partial charge on any atom is 0.469 e. The molecular weight excluding hydrogens is 415 g/mol. The molecule has 4 rings (SSSR count). The van der Waals surface area contributed by atoms with Crippen LogP contribution in [0.15, 0.2) is 59.8 Å². The van der Waals surface area contributed by atoms with Gasteiger partial charge in [0, 0.05) is 29.5 Å². The van der Waals surface area contributed by atoms with Crippen LogP contribution in [0.25, 0.3) is 21.9 Å². The van der Waals surface area contributed by atoms with Crippen molar-refractivity contribution in [3.63, 3.8) is 0 Å². The van der Waals surface area contributed by atoms with E-state index in [-0.39, 0.29) is 0 Å². The lowest BCUT2D eigenvalue weighted by Gasteiger charge is -2.18. The topological polar surface area (TPSA) is 151 Å². The predicted molar refractivity (Wildman–Crippen MR) is 105 cm³/mol. The highest BCUT2D eigenvalue weighted by Crippen LogP contribution is 2.38. The Hall–Kier alpha value is -2.43. The summed E-state index contributed by atoms with van der Waals surface area (Å²) in [5.74, 6) is 0. The van der Waals surface area contributed by atoms with Crippen LogP contribution in [0, 0.1) is 0 Å². The number of aromatic nitrogens is 2. The van der Waals surface area contributed by atoms with Crippen LogP contribution >= 0.6 is 7.82 Å². The SMILES string of the molecule is O=c1c2cc(-c3cccnc3)ccc2ccn1[C@@H]1O[C@H](COP(=O)(O)O)[C@H](O)[C@H]1O. The number of fused-ring (bicyclic) bond motifs is 1.